The SMILES string of the molecule is CC(C)[C@@H]1NC(=O)c2csc(n2)[C@H](Cc2ccccc2)NC(=O)CN(C(=O)c2cscn2)CCCNC(=O)c2csc1n2. The van der Waals surface area contributed by atoms with Gasteiger partial charge in [-0.2, -0.15) is 0 Å². The summed E-state index contributed by atoms with van der Waals surface area (Å²) in [5, 5.41) is 15.1. The van der Waals surface area contributed by atoms with Crippen LogP contribution < -0.4 is 16.0 Å². The fourth-order valence-corrected chi connectivity index (χ4v) is 6.97. The maximum atomic E-state index is 13.4. The van der Waals surface area contributed by atoms with Gasteiger partial charge in [0.1, 0.15) is 27.1 Å². The van der Waals surface area contributed by atoms with Gasteiger partial charge >= 0.3 is 0 Å². The monoisotopic (exact) mass is 637 g/mol. The summed E-state index contributed by atoms with van der Waals surface area (Å²) in [7, 11) is 0. The van der Waals surface area contributed by atoms with Crippen LogP contribution in [0.5, 0.6) is 0 Å². The number of hydrogen-bond acceptors (Lipinski definition) is 10. The summed E-state index contributed by atoms with van der Waals surface area (Å²) in [6, 6.07) is 8.74. The molecule has 4 aromatic rings. The molecule has 1 aromatic carbocycles. The molecule has 1 aliphatic heterocycles. The molecule has 14 heteroatoms. The predicted octanol–water partition coefficient (Wildman–Crippen LogP) is 3.86. The van der Waals surface area contributed by atoms with Gasteiger partial charge < -0.3 is 20.9 Å². The summed E-state index contributed by atoms with van der Waals surface area (Å²) in [4.78, 5) is 67.5. The fourth-order valence-electron chi connectivity index (χ4n) is 4.57. The van der Waals surface area contributed by atoms with E-state index in [9.17, 15) is 19.2 Å². The topological polar surface area (TPSA) is 146 Å². The van der Waals surface area contributed by atoms with Crippen LogP contribution in [0, 0.1) is 5.92 Å². The fraction of sp³-hybridized carbons (Fsp3) is 0.345. The first-order valence-corrected chi connectivity index (χ1v) is 16.5. The highest BCUT2D eigenvalue weighted by Crippen LogP contribution is 2.27. The Morgan fingerprint density at radius 2 is 1.70 bits per heavy atom. The number of nitrogens with one attached hydrogen (secondary N) is 3. The molecule has 0 aliphatic carbocycles. The van der Waals surface area contributed by atoms with Crippen LogP contribution in [0.1, 0.15) is 79.4 Å². The van der Waals surface area contributed by atoms with E-state index in [0.29, 0.717) is 22.9 Å². The van der Waals surface area contributed by atoms with Crippen molar-refractivity contribution in [2.45, 2.75) is 38.8 Å². The van der Waals surface area contributed by atoms with E-state index >= 15 is 0 Å². The lowest BCUT2D eigenvalue weighted by Gasteiger charge is -2.23. The highest BCUT2D eigenvalue weighted by atomic mass is 32.1. The zero-order valence-electron chi connectivity index (χ0n) is 23.6. The van der Waals surface area contributed by atoms with Crippen LogP contribution in [0.4, 0.5) is 0 Å². The smallest absolute Gasteiger partial charge is 0.273 e. The highest BCUT2D eigenvalue weighted by Gasteiger charge is 2.28. The zero-order chi connectivity index (χ0) is 30.3. The van der Waals surface area contributed by atoms with Crippen molar-refractivity contribution in [3.05, 3.63) is 84.6 Å². The molecule has 0 saturated carbocycles. The molecule has 43 heavy (non-hydrogen) atoms. The minimum absolute atomic E-state index is 0.00424. The van der Waals surface area contributed by atoms with Gasteiger partial charge in [-0.25, -0.2) is 15.0 Å². The second-order valence-corrected chi connectivity index (χ2v) is 12.9. The number of nitrogens with zero attached hydrogens (tertiary/aromatic N) is 4. The first-order chi connectivity index (χ1) is 20.8. The van der Waals surface area contributed by atoms with Crippen LogP contribution in [0.2, 0.25) is 0 Å². The molecule has 3 N–H and O–H groups in total. The summed E-state index contributed by atoms with van der Waals surface area (Å²) in [6.07, 6.45) is 0.865. The Kier molecular flexibility index (Phi) is 9.89. The molecule has 0 spiro atoms. The molecular formula is C29H31N7O4S3. The minimum atomic E-state index is -0.526. The lowest BCUT2D eigenvalue weighted by molar-refractivity contribution is -0.122. The van der Waals surface area contributed by atoms with Crippen molar-refractivity contribution in [3.63, 3.8) is 0 Å². The van der Waals surface area contributed by atoms with Crippen molar-refractivity contribution in [1.82, 2.24) is 35.8 Å². The van der Waals surface area contributed by atoms with Crippen molar-refractivity contribution in [1.29, 1.82) is 0 Å². The number of carbonyl (C=O) groups is 4. The molecule has 3 aromatic heterocycles. The zero-order valence-corrected chi connectivity index (χ0v) is 26.1. The van der Waals surface area contributed by atoms with Crippen LogP contribution >= 0.6 is 34.0 Å². The molecule has 0 radical (unpaired) electrons. The third-order valence-electron chi connectivity index (χ3n) is 6.81. The van der Waals surface area contributed by atoms with Gasteiger partial charge in [-0.05, 0) is 24.3 Å². The molecule has 1 aliphatic rings. The standard InChI is InChI=1S/C29H31N7O4S3/c1-17(2)24-28-34-20(14-43-28)25(38)30-9-6-10-36(29(40)22-13-41-16-31-22)12-23(37)32-19(11-18-7-4-3-5-8-18)27-33-21(15-42-27)26(39)35-24/h3-5,7-8,13-17,19,24H,6,9-12H2,1-2H3,(H,30,38)(H,32,37)(H,35,39)/t19-,24-/m0/s1. The van der Waals surface area contributed by atoms with E-state index in [-0.39, 0.29) is 66.3 Å². The van der Waals surface area contributed by atoms with Gasteiger partial charge in [0.05, 0.1) is 24.1 Å². The maximum absolute atomic E-state index is 13.4. The Morgan fingerprint density at radius 3 is 2.42 bits per heavy atom. The molecular weight excluding hydrogens is 607 g/mol. The Morgan fingerprint density at radius 1 is 0.977 bits per heavy atom. The van der Waals surface area contributed by atoms with Crippen LogP contribution in [0.3, 0.4) is 0 Å². The molecule has 224 valence electrons. The van der Waals surface area contributed by atoms with E-state index in [1.807, 2.05) is 44.2 Å². The Balaban J connectivity index is 1.46. The number of aromatic nitrogens is 3. The van der Waals surface area contributed by atoms with Gasteiger partial charge in [0, 0.05) is 29.2 Å². The lowest BCUT2D eigenvalue weighted by Crippen LogP contribution is -2.43. The second-order valence-electron chi connectivity index (χ2n) is 10.4. The Bertz CT molecular complexity index is 1570. The van der Waals surface area contributed by atoms with Gasteiger partial charge in [0.25, 0.3) is 17.7 Å². The van der Waals surface area contributed by atoms with Crippen molar-refractivity contribution in [3.8, 4) is 0 Å². The third kappa shape index (κ3) is 7.69. The summed E-state index contributed by atoms with van der Waals surface area (Å²) >= 11 is 3.89. The third-order valence-corrected chi connectivity index (χ3v) is 9.28. The van der Waals surface area contributed by atoms with Crippen molar-refractivity contribution < 1.29 is 19.2 Å². The average molecular weight is 638 g/mol. The molecule has 2 atom stereocenters. The first-order valence-electron chi connectivity index (χ1n) is 13.8. The van der Waals surface area contributed by atoms with Crippen molar-refractivity contribution in [2.24, 2.45) is 5.92 Å². The van der Waals surface area contributed by atoms with Gasteiger partial charge in [-0.3, -0.25) is 19.2 Å². The summed E-state index contributed by atoms with van der Waals surface area (Å²) in [5.74, 6) is -1.46. The molecule has 0 saturated heterocycles. The van der Waals surface area contributed by atoms with E-state index in [1.165, 1.54) is 38.9 Å². The van der Waals surface area contributed by atoms with E-state index in [1.54, 1.807) is 21.7 Å². The van der Waals surface area contributed by atoms with E-state index in [0.717, 1.165) is 5.56 Å². The Labute approximate surface area is 260 Å². The van der Waals surface area contributed by atoms with E-state index < -0.39 is 12.1 Å². The summed E-state index contributed by atoms with van der Waals surface area (Å²) in [6.45, 7) is 4.23. The summed E-state index contributed by atoms with van der Waals surface area (Å²) < 4.78 is 0. The largest absolute Gasteiger partial charge is 0.351 e. The lowest BCUT2D eigenvalue weighted by atomic mass is 10.0. The molecule has 5 rings (SSSR count). The second kappa shape index (κ2) is 14.0. The predicted molar refractivity (Wildman–Crippen MR) is 165 cm³/mol. The molecule has 0 fully saturated rings. The van der Waals surface area contributed by atoms with Crippen LogP contribution in [0.25, 0.3) is 0 Å². The van der Waals surface area contributed by atoms with Crippen molar-refractivity contribution >= 4 is 57.6 Å². The Hall–Kier alpha value is -4.01. The molecule has 4 amide bonds. The number of carbonyl (C=O) groups excluding carboxylic acids is 4. The van der Waals surface area contributed by atoms with E-state index in [2.05, 4.69) is 30.9 Å². The molecule has 11 nitrogen and oxygen atoms in total. The maximum Gasteiger partial charge on any atom is 0.273 e. The number of benzene rings is 1. The molecule has 4 heterocycles. The quantitative estimate of drug-likeness (QED) is 0.308. The number of fused-ring (bicyclic) bond motifs is 4. The normalized spacial score (nSPS) is 18.7. The number of hydrogen-bond donors (Lipinski definition) is 3. The number of thiazole rings is 3. The van der Waals surface area contributed by atoms with Crippen LogP contribution in [-0.2, 0) is 11.2 Å². The minimum Gasteiger partial charge on any atom is -0.351 e. The van der Waals surface area contributed by atoms with Gasteiger partial charge in [0.2, 0.25) is 5.91 Å². The van der Waals surface area contributed by atoms with Gasteiger partial charge in [0.15, 0.2) is 0 Å². The van der Waals surface area contributed by atoms with Gasteiger partial charge in [-0.15, -0.1) is 34.0 Å². The number of rotatable bonds is 4. The molecule has 4 bridgehead atoms. The average Bonchev–Trinajstić information content (AvgIpc) is 3.79. The highest BCUT2D eigenvalue weighted by molar-refractivity contribution is 7.10. The summed E-state index contributed by atoms with van der Waals surface area (Å²) in [5.41, 5.74) is 3.29. The number of amides is 4. The van der Waals surface area contributed by atoms with Crippen LogP contribution in [0.15, 0.2) is 52.0 Å². The van der Waals surface area contributed by atoms with E-state index in [4.69, 9.17) is 0 Å². The van der Waals surface area contributed by atoms with Crippen LogP contribution in [-0.4, -0.2) is 63.1 Å². The van der Waals surface area contributed by atoms with Crippen molar-refractivity contribution in [2.75, 3.05) is 19.6 Å². The molecule has 0 unspecified atom stereocenters. The first kappa shape index (κ1) is 30.4. The van der Waals surface area contributed by atoms with Gasteiger partial charge in [-0.1, -0.05) is 44.2 Å².